The Morgan fingerprint density at radius 3 is 1.63 bits per heavy atom. The van der Waals surface area contributed by atoms with Crippen molar-refractivity contribution in [1.29, 1.82) is 0 Å². The number of hydrogen-bond acceptors (Lipinski definition) is 9. The monoisotopic (exact) mass is 627 g/mol. The molecule has 4 aromatic carbocycles. The number of aromatic nitrogens is 3. The second-order valence-electron chi connectivity index (χ2n) is 10.8. The minimum Gasteiger partial charge on any atom is -0.459 e. The molecule has 0 aliphatic carbocycles. The average Bonchev–Trinajstić information content (AvgIpc) is 3.07. The van der Waals surface area contributed by atoms with Gasteiger partial charge in [0, 0.05) is 6.54 Å². The van der Waals surface area contributed by atoms with Crippen LogP contribution >= 0.6 is 0 Å². The summed E-state index contributed by atoms with van der Waals surface area (Å²) < 4.78 is 12.7. The fourth-order valence-electron chi connectivity index (χ4n) is 5.24. The number of hydrogen-bond donors (Lipinski definition) is 2. The smallest absolute Gasteiger partial charge is 0.339 e. The lowest BCUT2D eigenvalue weighted by Crippen LogP contribution is -2.56. The zero-order valence-electron chi connectivity index (χ0n) is 25.1. The van der Waals surface area contributed by atoms with Crippen LogP contribution in [0.2, 0.25) is 0 Å². The van der Waals surface area contributed by atoms with Crippen LogP contribution in [-0.2, 0) is 29.1 Å². The number of aliphatic hydroxyl groups is 2. The molecular formula is C34H33N3O9. The van der Waals surface area contributed by atoms with Crippen molar-refractivity contribution >= 4 is 33.5 Å². The Bertz CT molecular complexity index is 2010. The lowest BCUT2D eigenvalue weighted by molar-refractivity contribution is 0.0190. The van der Waals surface area contributed by atoms with Gasteiger partial charge in [-0.05, 0) is 46.2 Å². The van der Waals surface area contributed by atoms with Crippen molar-refractivity contribution in [3.05, 3.63) is 128 Å². The lowest BCUT2D eigenvalue weighted by Gasteiger charge is -2.18. The molecule has 0 bridgehead atoms. The first kappa shape index (κ1) is 32.1. The summed E-state index contributed by atoms with van der Waals surface area (Å²) >= 11 is 0. The molecule has 0 amide bonds. The SMILES string of the molecule is CCCn1c(=O)n(CC(O)COC(=O)c2ccccc2)c(=O)n(CC(O)COC(=O)c2c3ccccc3cc3ccccc23)c1=O. The van der Waals surface area contributed by atoms with E-state index in [-0.39, 0.29) is 12.1 Å². The first-order chi connectivity index (χ1) is 22.2. The Hall–Kier alpha value is -5.33. The third kappa shape index (κ3) is 6.82. The van der Waals surface area contributed by atoms with Gasteiger partial charge in [0.1, 0.15) is 25.4 Å². The van der Waals surface area contributed by atoms with Crippen LogP contribution in [0.15, 0.2) is 99.3 Å². The van der Waals surface area contributed by atoms with Crippen LogP contribution in [0.5, 0.6) is 0 Å². The summed E-state index contributed by atoms with van der Waals surface area (Å²) in [6, 6.07) is 24.7. The number of fused-ring (bicyclic) bond motifs is 2. The van der Waals surface area contributed by atoms with Gasteiger partial charge in [-0.15, -0.1) is 0 Å². The van der Waals surface area contributed by atoms with E-state index in [1.807, 2.05) is 30.3 Å². The molecule has 238 valence electrons. The Kier molecular flexibility index (Phi) is 9.89. The van der Waals surface area contributed by atoms with Crippen molar-refractivity contribution in [3.8, 4) is 0 Å². The molecule has 0 spiro atoms. The predicted molar refractivity (Wildman–Crippen MR) is 170 cm³/mol. The Morgan fingerprint density at radius 1 is 0.652 bits per heavy atom. The molecular weight excluding hydrogens is 594 g/mol. The first-order valence-corrected chi connectivity index (χ1v) is 14.8. The zero-order chi connectivity index (χ0) is 32.8. The summed E-state index contributed by atoms with van der Waals surface area (Å²) in [6.07, 6.45) is -2.57. The molecule has 0 radical (unpaired) electrons. The van der Waals surface area contributed by atoms with Crippen molar-refractivity contribution in [2.45, 2.75) is 45.2 Å². The highest BCUT2D eigenvalue weighted by atomic mass is 16.5. The highest BCUT2D eigenvalue weighted by Gasteiger charge is 2.22. The minimum atomic E-state index is -1.49. The van der Waals surface area contributed by atoms with Crippen molar-refractivity contribution in [2.75, 3.05) is 13.2 Å². The van der Waals surface area contributed by atoms with E-state index in [1.165, 1.54) is 12.1 Å². The molecule has 0 saturated carbocycles. The summed E-state index contributed by atoms with van der Waals surface area (Å²) in [5.41, 5.74) is -2.41. The van der Waals surface area contributed by atoms with E-state index >= 15 is 0 Å². The van der Waals surface area contributed by atoms with Crippen LogP contribution in [0.3, 0.4) is 0 Å². The minimum absolute atomic E-state index is 0.0315. The van der Waals surface area contributed by atoms with E-state index in [0.29, 0.717) is 31.9 Å². The van der Waals surface area contributed by atoms with E-state index in [2.05, 4.69) is 0 Å². The van der Waals surface area contributed by atoms with Gasteiger partial charge in [0.15, 0.2) is 0 Å². The molecule has 0 fully saturated rings. The summed E-state index contributed by atoms with van der Waals surface area (Å²) in [4.78, 5) is 65.2. The van der Waals surface area contributed by atoms with Crippen LogP contribution in [0.1, 0.15) is 34.1 Å². The van der Waals surface area contributed by atoms with Crippen molar-refractivity contribution in [1.82, 2.24) is 13.7 Å². The quantitative estimate of drug-likeness (QED) is 0.156. The number of rotatable bonds is 12. The zero-order valence-corrected chi connectivity index (χ0v) is 25.1. The third-order valence-electron chi connectivity index (χ3n) is 7.42. The molecule has 46 heavy (non-hydrogen) atoms. The summed E-state index contributed by atoms with van der Waals surface area (Å²) in [5, 5.41) is 24.3. The normalized spacial score (nSPS) is 12.6. The number of benzene rings is 4. The van der Waals surface area contributed by atoms with Crippen molar-refractivity contribution in [3.63, 3.8) is 0 Å². The van der Waals surface area contributed by atoms with Gasteiger partial charge in [-0.2, -0.15) is 0 Å². The first-order valence-electron chi connectivity index (χ1n) is 14.8. The van der Waals surface area contributed by atoms with E-state index in [1.54, 1.807) is 49.4 Å². The maximum Gasteiger partial charge on any atom is 0.339 e. The molecule has 1 heterocycles. The van der Waals surface area contributed by atoms with Gasteiger partial charge in [0.2, 0.25) is 0 Å². The fourth-order valence-corrected chi connectivity index (χ4v) is 5.24. The fraction of sp³-hybridized carbons (Fsp3) is 0.265. The number of carbonyl (C=O) groups is 2. The van der Waals surface area contributed by atoms with Crippen LogP contribution in [0.4, 0.5) is 0 Å². The summed E-state index contributed by atoms with van der Waals surface area (Å²) in [6.45, 7) is -0.542. The number of ether oxygens (including phenoxy) is 2. The maximum absolute atomic E-state index is 13.3. The topological polar surface area (TPSA) is 159 Å². The summed E-state index contributed by atoms with van der Waals surface area (Å²) in [5.74, 6) is -1.39. The molecule has 5 aromatic rings. The molecule has 1 aromatic heterocycles. The van der Waals surface area contributed by atoms with Gasteiger partial charge in [0.25, 0.3) is 0 Å². The number of aliphatic hydroxyl groups excluding tert-OH is 2. The van der Waals surface area contributed by atoms with E-state index in [9.17, 15) is 34.2 Å². The third-order valence-corrected chi connectivity index (χ3v) is 7.42. The molecule has 0 aliphatic heterocycles. The molecule has 0 saturated heterocycles. The summed E-state index contributed by atoms with van der Waals surface area (Å²) in [7, 11) is 0. The molecule has 5 rings (SSSR count). The van der Waals surface area contributed by atoms with Crippen molar-refractivity contribution < 1.29 is 29.3 Å². The van der Waals surface area contributed by atoms with Crippen LogP contribution in [0, 0.1) is 0 Å². The van der Waals surface area contributed by atoms with E-state index in [4.69, 9.17) is 9.47 Å². The van der Waals surface area contributed by atoms with Gasteiger partial charge < -0.3 is 19.7 Å². The van der Waals surface area contributed by atoms with Crippen LogP contribution in [0.25, 0.3) is 21.5 Å². The van der Waals surface area contributed by atoms with Crippen LogP contribution < -0.4 is 17.1 Å². The maximum atomic E-state index is 13.3. The second-order valence-corrected chi connectivity index (χ2v) is 10.8. The standard InChI is InChI=1S/C34H33N3O9/c1-2-16-35-32(42)36(18-25(38)20-45-30(40)22-10-4-3-5-11-22)34(44)37(33(35)43)19-26(39)21-46-31(41)29-27-14-8-6-12-23(27)17-24-13-7-9-15-28(24)29/h3-15,17,25-26,38-39H,2,16,18-21H2,1H3. The van der Waals surface area contributed by atoms with Gasteiger partial charge in [-0.25, -0.2) is 37.7 Å². The second kappa shape index (κ2) is 14.2. The Balaban J connectivity index is 1.34. The van der Waals surface area contributed by atoms with E-state index < -0.39 is 67.5 Å². The lowest BCUT2D eigenvalue weighted by atomic mass is 9.97. The van der Waals surface area contributed by atoms with Crippen LogP contribution in [-0.4, -0.2) is 61.3 Å². The molecule has 12 nitrogen and oxygen atoms in total. The van der Waals surface area contributed by atoms with Gasteiger partial charge >= 0.3 is 29.0 Å². The molecule has 12 heteroatoms. The van der Waals surface area contributed by atoms with E-state index in [0.717, 1.165) is 15.3 Å². The number of esters is 2. The van der Waals surface area contributed by atoms with Gasteiger partial charge in [-0.3, -0.25) is 0 Å². The van der Waals surface area contributed by atoms with Gasteiger partial charge in [0.05, 0.1) is 24.2 Å². The molecule has 2 N–H and O–H groups in total. The average molecular weight is 628 g/mol. The molecule has 2 unspecified atom stereocenters. The largest absolute Gasteiger partial charge is 0.459 e. The Labute approximate surface area is 262 Å². The highest BCUT2D eigenvalue weighted by molar-refractivity contribution is 6.16. The predicted octanol–water partition coefficient (Wildman–Crippen LogP) is 2.32. The number of carbonyl (C=O) groups excluding carboxylic acids is 2. The van der Waals surface area contributed by atoms with Gasteiger partial charge in [-0.1, -0.05) is 73.7 Å². The molecule has 0 aliphatic rings. The number of nitrogens with zero attached hydrogens (tertiary/aromatic N) is 3. The highest BCUT2D eigenvalue weighted by Crippen LogP contribution is 2.29. The Morgan fingerprint density at radius 2 is 1.11 bits per heavy atom. The molecule has 2 atom stereocenters. The van der Waals surface area contributed by atoms with Crippen molar-refractivity contribution in [2.24, 2.45) is 0 Å².